The number of ether oxygens (including phenoxy) is 1. The number of carbonyl (C=O) groups is 1. The lowest BCUT2D eigenvalue weighted by atomic mass is 10.0. The third-order valence-corrected chi connectivity index (χ3v) is 6.25. The molecule has 4 rings (SSSR count). The maximum Gasteiger partial charge on any atom is 0.273 e. The van der Waals surface area contributed by atoms with Crippen LogP contribution in [0.2, 0.25) is 0 Å². The quantitative estimate of drug-likeness (QED) is 0.723. The summed E-state index contributed by atoms with van der Waals surface area (Å²) < 4.78 is 32.8. The van der Waals surface area contributed by atoms with Gasteiger partial charge in [-0.15, -0.1) is 0 Å². The molecule has 1 saturated carbocycles. The highest BCUT2D eigenvalue weighted by Gasteiger charge is 2.30. The van der Waals surface area contributed by atoms with Gasteiger partial charge >= 0.3 is 0 Å². The third-order valence-electron chi connectivity index (χ3n) is 4.73. The summed E-state index contributed by atoms with van der Waals surface area (Å²) in [6.45, 7) is 0. The fourth-order valence-corrected chi connectivity index (χ4v) is 4.32. The van der Waals surface area contributed by atoms with Crippen molar-refractivity contribution in [2.75, 3.05) is 12.4 Å². The first kappa shape index (κ1) is 19.4. The smallest absolute Gasteiger partial charge is 0.273 e. The zero-order valence-electron chi connectivity index (χ0n) is 15.8. The summed E-state index contributed by atoms with van der Waals surface area (Å²) in [6, 6.07) is 13.8. The Hall–Kier alpha value is -2.91. The number of anilines is 1. The number of nitrogens with zero attached hydrogens (tertiary/aromatic N) is 1. The van der Waals surface area contributed by atoms with Crippen LogP contribution in [0, 0.1) is 0 Å². The minimum absolute atomic E-state index is 0.0138. The Bertz CT molecular complexity index is 1050. The highest BCUT2D eigenvalue weighted by Crippen LogP contribution is 2.31. The van der Waals surface area contributed by atoms with Gasteiger partial charge < -0.3 is 14.9 Å². The second-order valence-electron chi connectivity index (χ2n) is 6.96. The van der Waals surface area contributed by atoms with Crippen LogP contribution < -0.4 is 14.8 Å². The van der Waals surface area contributed by atoms with Gasteiger partial charge in [-0.2, -0.15) is 0 Å². The molecule has 2 aromatic carbocycles. The van der Waals surface area contributed by atoms with Crippen LogP contribution in [0.25, 0.3) is 0 Å². The average Bonchev–Trinajstić information content (AvgIpc) is 3.38. The van der Waals surface area contributed by atoms with Gasteiger partial charge in [0.15, 0.2) is 6.10 Å². The number of carbonyl (C=O) groups excluding carboxylic acids is 1. The van der Waals surface area contributed by atoms with Crippen LogP contribution in [0.1, 0.15) is 30.9 Å². The Morgan fingerprint density at radius 2 is 1.93 bits per heavy atom. The van der Waals surface area contributed by atoms with Crippen molar-refractivity contribution in [2.24, 2.45) is 5.16 Å². The Morgan fingerprint density at radius 3 is 2.62 bits per heavy atom. The number of rotatable bonds is 7. The summed E-state index contributed by atoms with van der Waals surface area (Å²) in [4.78, 5) is 18.1. The van der Waals surface area contributed by atoms with Crippen LogP contribution in [-0.2, 0) is 19.7 Å². The van der Waals surface area contributed by atoms with Gasteiger partial charge in [0.2, 0.25) is 10.0 Å². The van der Waals surface area contributed by atoms with Gasteiger partial charge in [0.25, 0.3) is 5.91 Å². The molecule has 0 aromatic heterocycles. The van der Waals surface area contributed by atoms with Crippen LogP contribution in [0.15, 0.2) is 58.6 Å². The van der Waals surface area contributed by atoms with Crippen molar-refractivity contribution in [1.29, 1.82) is 0 Å². The van der Waals surface area contributed by atoms with Gasteiger partial charge in [0, 0.05) is 12.5 Å². The monoisotopic (exact) mass is 415 g/mol. The van der Waals surface area contributed by atoms with E-state index >= 15 is 0 Å². The van der Waals surface area contributed by atoms with Crippen molar-refractivity contribution in [3.63, 3.8) is 0 Å². The van der Waals surface area contributed by atoms with E-state index in [9.17, 15) is 13.2 Å². The van der Waals surface area contributed by atoms with E-state index in [1.807, 2.05) is 30.3 Å². The number of hydrogen-bond acceptors (Lipinski definition) is 6. The molecule has 1 aliphatic heterocycles. The van der Waals surface area contributed by atoms with Gasteiger partial charge in [-0.3, -0.25) is 4.79 Å². The third kappa shape index (κ3) is 4.41. The molecule has 1 aliphatic carbocycles. The normalized spacial score (nSPS) is 18.7. The van der Waals surface area contributed by atoms with Crippen molar-refractivity contribution in [3.8, 4) is 5.75 Å². The molecule has 0 spiro atoms. The standard InChI is InChI=1S/C20H21N3O5S/c1-27-18-10-9-15(29(25,26)23-14-7-8-14)11-16(18)21-20(24)17-12-19(28-22-17)13-5-3-2-4-6-13/h2-6,9-11,14,19,23H,7-8,12H2,1H3,(H,21,24). The first-order valence-corrected chi connectivity index (χ1v) is 10.7. The van der Waals surface area contributed by atoms with E-state index in [0.29, 0.717) is 12.2 Å². The Balaban J connectivity index is 1.49. The number of amides is 1. The van der Waals surface area contributed by atoms with Crippen molar-refractivity contribution < 1.29 is 22.8 Å². The maximum absolute atomic E-state index is 12.7. The second-order valence-corrected chi connectivity index (χ2v) is 8.67. The van der Waals surface area contributed by atoms with Gasteiger partial charge in [-0.1, -0.05) is 35.5 Å². The Kier molecular flexibility index (Phi) is 5.25. The molecule has 0 bridgehead atoms. The summed E-state index contributed by atoms with van der Waals surface area (Å²) in [5, 5.41) is 6.59. The molecule has 1 unspecified atom stereocenters. The van der Waals surface area contributed by atoms with Gasteiger partial charge in [0.05, 0.1) is 17.7 Å². The number of methoxy groups -OCH3 is 1. The van der Waals surface area contributed by atoms with E-state index in [-0.39, 0.29) is 28.4 Å². The summed E-state index contributed by atoms with van der Waals surface area (Å²) in [6.07, 6.45) is 1.66. The van der Waals surface area contributed by atoms with Crippen LogP contribution in [0.4, 0.5) is 5.69 Å². The molecule has 1 amide bonds. The van der Waals surface area contributed by atoms with Crippen LogP contribution in [0.5, 0.6) is 5.75 Å². The minimum Gasteiger partial charge on any atom is -0.495 e. The van der Waals surface area contributed by atoms with Crippen molar-refractivity contribution in [2.45, 2.75) is 36.3 Å². The largest absolute Gasteiger partial charge is 0.495 e. The molecule has 0 radical (unpaired) electrons. The van der Waals surface area contributed by atoms with E-state index < -0.39 is 15.9 Å². The lowest BCUT2D eigenvalue weighted by Crippen LogP contribution is -2.26. The van der Waals surface area contributed by atoms with Crippen molar-refractivity contribution in [1.82, 2.24) is 4.72 Å². The summed E-state index contributed by atoms with van der Waals surface area (Å²) in [5.74, 6) is -0.116. The number of oxime groups is 1. The predicted octanol–water partition coefficient (Wildman–Crippen LogP) is 2.59. The molecule has 0 saturated heterocycles. The van der Waals surface area contributed by atoms with E-state index in [1.54, 1.807) is 0 Å². The molecule has 8 nitrogen and oxygen atoms in total. The van der Waals surface area contributed by atoms with Crippen LogP contribution in [0.3, 0.4) is 0 Å². The summed E-state index contributed by atoms with van der Waals surface area (Å²) in [5.41, 5.74) is 1.41. The highest BCUT2D eigenvalue weighted by atomic mass is 32.2. The topological polar surface area (TPSA) is 106 Å². The molecular weight excluding hydrogens is 394 g/mol. The molecule has 1 heterocycles. The molecule has 152 valence electrons. The molecule has 2 aromatic rings. The lowest BCUT2D eigenvalue weighted by molar-refractivity contribution is -0.110. The van der Waals surface area contributed by atoms with E-state index in [4.69, 9.17) is 9.57 Å². The van der Waals surface area contributed by atoms with Gasteiger partial charge in [-0.05, 0) is 36.6 Å². The van der Waals surface area contributed by atoms with Gasteiger partial charge in [0.1, 0.15) is 11.5 Å². The maximum atomic E-state index is 12.7. The van der Waals surface area contributed by atoms with E-state index in [2.05, 4.69) is 15.2 Å². The predicted molar refractivity (Wildman–Crippen MR) is 107 cm³/mol. The molecule has 9 heteroatoms. The molecule has 1 atom stereocenters. The zero-order chi connectivity index (χ0) is 20.4. The van der Waals surface area contributed by atoms with Gasteiger partial charge in [-0.25, -0.2) is 13.1 Å². The first-order chi connectivity index (χ1) is 14.0. The zero-order valence-corrected chi connectivity index (χ0v) is 16.6. The van der Waals surface area contributed by atoms with Crippen molar-refractivity contribution >= 4 is 27.3 Å². The number of benzene rings is 2. The van der Waals surface area contributed by atoms with Crippen LogP contribution in [-0.4, -0.2) is 33.2 Å². The average molecular weight is 415 g/mol. The van der Waals surface area contributed by atoms with Crippen molar-refractivity contribution in [3.05, 3.63) is 54.1 Å². The lowest BCUT2D eigenvalue weighted by Gasteiger charge is -2.13. The Labute approximate surface area is 168 Å². The molecular formula is C20H21N3O5S. The summed E-state index contributed by atoms with van der Waals surface area (Å²) in [7, 11) is -2.21. The Morgan fingerprint density at radius 1 is 1.17 bits per heavy atom. The molecule has 1 fully saturated rings. The number of hydrogen-bond donors (Lipinski definition) is 2. The number of sulfonamides is 1. The fraction of sp³-hybridized carbons (Fsp3) is 0.300. The molecule has 2 N–H and O–H groups in total. The van der Waals surface area contributed by atoms with E-state index in [1.165, 1.54) is 25.3 Å². The SMILES string of the molecule is COc1ccc(S(=O)(=O)NC2CC2)cc1NC(=O)C1=NOC(c2ccccc2)C1. The van der Waals surface area contributed by atoms with Crippen LogP contribution >= 0.6 is 0 Å². The first-order valence-electron chi connectivity index (χ1n) is 9.25. The highest BCUT2D eigenvalue weighted by molar-refractivity contribution is 7.89. The minimum atomic E-state index is -3.66. The molecule has 2 aliphatic rings. The summed E-state index contributed by atoms with van der Waals surface area (Å²) >= 11 is 0. The number of nitrogens with one attached hydrogen (secondary N) is 2. The second kappa shape index (κ2) is 7.84. The van der Waals surface area contributed by atoms with E-state index in [0.717, 1.165) is 18.4 Å². The fourth-order valence-electron chi connectivity index (χ4n) is 2.99. The molecule has 29 heavy (non-hydrogen) atoms.